The lowest BCUT2D eigenvalue weighted by Gasteiger charge is -2.03. The standard InChI is InChI=1S/C17H14ClNO2/c1-11-14-9-13(18)7-8-15(14)21-16(11)17(20)19-10-12-5-3-2-4-6-12/h2-9H,10H2,1H3,(H,19,20). The normalized spacial score (nSPS) is 10.8. The highest BCUT2D eigenvalue weighted by atomic mass is 35.5. The van der Waals surface area contributed by atoms with Crippen LogP contribution in [0.2, 0.25) is 5.02 Å². The van der Waals surface area contributed by atoms with E-state index >= 15 is 0 Å². The molecule has 1 aromatic heterocycles. The Bertz CT molecular complexity index is 793. The van der Waals surface area contributed by atoms with E-state index in [1.165, 1.54) is 0 Å². The number of rotatable bonds is 3. The quantitative estimate of drug-likeness (QED) is 0.782. The Morgan fingerprint density at radius 2 is 1.95 bits per heavy atom. The van der Waals surface area contributed by atoms with Crippen LogP contribution in [0.15, 0.2) is 52.9 Å². The number of carbonyl (C=O) groups excluding carboxylic acids is 1. The number of halogens is 1. The van der Waals surface area contributed by atoms with Crippen molar-refractivity contribution >= 4 is 28.5 Å². The number of nitrogens with one attached hydrogen (secondary N) is 1. The van der Waals surface area contributed by atoms with Gasteiger partial charge in [-0.15, -0.1) is 0 Å². The molecule has 0 atom stereocenters. The number of fused-ring (bicyclic) bond motifs is 1. The van der Waals surface area contributed by atoms with E-state index in [1.54, 1.807) is 12.1 Å². The van der Waals surface area contributed by atoms with Crippen LogP contribution in [0.1, 0.15) is 21.7 Å². The highest BCUT2D eigenvalue weighted by molar-refractivity contribution is 6.31. The summed E-state index contributed by atoms with van der Waals surface area (Å²) in [5.74, 6) is 0.117. The van der Waals surface area contributed by atoms with Crippen LogP contribution in [0, 0.1) is 6.92 Å². The smallest absolute Gasteiger partial charge is 0.287 e. The van der Waals surface area contributed by atoms with Crippen molar-refractivity contribution in [1.29, 1.82) is 0 Å². The summed E-state index contributed by atoms with van der Waals surface area (Å²) in [5, 5.41) is 4.36. The van der Waals surface area contributed by atoms with Crippen molar-refractivity contribution in [2.45, 2.75) is 13.5 Å². The second-order valence-electron chi connectivity index (χ2n) is 4.86. The van der Waals surface area contributed by atoms with E-state index < -0.39 is 0 Å². The summed E-state index contributed by atoms with van der Waals surface area (Å²) in [6.45, 7) is 2.33. The lowest BCUT2D eigenvalue weighted by Crippen LogP contribution is -2.22. The maximum atomic E-state index is 12.3. The van der Waals surface area contributed by atoms with Crippen molar-refractivity contribution in [2.24, 2.45) is 0 Å². The fourth-order valence-electron chi connectivity index (χ4n) is 2.27. The molecule has 0 fully saturated rings. The van der Waals surface area contributed by atoms with Gasteiger partial charge in [-0.25, -0.2) is 0 Å². The summed E-state index contributed by atoms with van der Waals surface area (Å²) in [5.41, 5.74) is 2.52. The van der Waals surface area contributed by atoms with E-state index in [4.69, 9.17) is 16.0 Å². The van der Waals surface area contributed by atoms with Crippen LogP contribution in [0.3, 0.4) is 0 Å². The second-order valence-corrected chi connectivity index (χ2v) is 5.30. The Kier molecular flexibility index (Phi) is 3.67. The van der Waals surface area contributed by atoms with Gasteiger partial charge in [-0.1, -0.05) is 41.9 Å². The molecule has 3 aromatic rings. The van der Waals surface area contributed by atoms with Crippen LogP contribution in [-0.4, -0.2) is 5.91 Å². The molecule has 0 spiro atoms. The summed E-state index contributed by atoms with van der Waals surface area (Å²) in [7, 11) is 0. The van der Waals surface area contributed by atoms with Gasteiger partial charge in [0.2, 0.25) is 0 Å². The van der Waals surface area contributed by atoms with Gasteiger partial charge in [0.1, 0.15) is 5.58 Å². The molecule has 0 saturated heterocycles. The Morgan fingerprint density at radius 3 is 2.71 bits per heavy atom. The second kappa shape index (κ2) is 5.62. The molecule has 0 saturated carbocycles. The zero-order valence-electron chi connectivity index (χ0n) is 11.5. The van der Waals surface area contributed by atoms with E-state index in [0.29, 0.717) is 22.9 Å². The molecule has 3 nitrogen and oxygen atoms in total. The zero-order chi connectivity index (χ0) is 14.8. The van der Waals surface area contributed by atoms with Gasteiger partial charge in [0.15, 0.2) is 5.76 Å². The molecule has 4 heteroatoms. The monoisotopic (exact) mass is 299 g/mol. The van der Waals surface area contributed by atoms with Crippen molar-refractivity contribution in [2.75, 3.05) is 0 Å². The first-order valence-corrected chi connectivity index (χ1v) is 7.04. The third-order valence-corrected chi connectivity index (χ3v) is 3.64. The van der Waals surface area contributed by atoms with Crippen LogP contribution in [0.25, 0.3) is 11.0 Å². The van der Waals surface area contributed by atoms with Gasteiger partial charge >= 0.3 is 0 Å². The first kappa shape index (κ1) is 13.7. The molecule has 1 heterocycles. The number of furan rings is 1. The van der Waals surface area contributed by atoms with Crippen LogP contribution >= 0.6 is 11.6 Å². The van der Waals surface area contributed by atoms with E-state index in [9.17, 15) is 4.79 Å². The minimum absolute atomic E-state index is 0.219. The molecule has 0 aliphatic heterocycles. The minimum atomic E-state index is -0.219. The number of hydrogen-bond acceptors (Lipinski definition) is 2. The summed E-state index contributed by atoms with van der Waals surface area (Å²) in [4.78, 5) is 12.3. The van der Waals surface area contributed by atoms with Gasteiger partial charge < -0.3 is 9.73 Å². The Hall–Kier alpha value is -2.26. The SMILES string of the molecule is Cc1c(C(=O)NCc2ccccc2)oc2ccc(Cl)cc12. The predicted octanol–water partition coefficient (Wildman–Crippen LogP) is 4.32. The molecule has 0 radical (unpaired) electrons. The van der Waals surface area contributed by atoms with E-state index in [-0.39, 0.29) is 5.91 Å². The molecule has 0 aliphatic rings. The summed E-state index contributed by atoms with van der Waals surface area (Å²) < 4.78 is 5.63. The van der Waals surface area contributed by atoms with Crippen molar-refractivity contribution in [3.8, 4) is 0 Å². The molecule has 1 N–H and O–H groups in total. The fraction of sp³-hybridized carbons (Fsp3) is 0.118. The molecule has 0 aliphatic carbocycles. The average molecular weight is 300 g/mol. The van der Waals surface area contributed by atoms with Crippen LogP contribution in [-0.2, 0) is 6.54 Å². The van der Waals surface area contributed by atoms with E-state index in [1.807, 2.05) is 43.3 Å². The fourth-order valence-corrected chi connectivity index (χ4v) is 2.44. The maximum Gasteiger partial charge on any atom is 0.287 e. The average Bonchev–Trinajstić information content (AvgIpc) is 2.83. The molecule has 0 bridgehead atoms. The van der Waals surface area contributed by atoms with E-state index in [2.05, 4.69) is 5.32 Å². The molecular formula is C17H14ClNO2. The summed E-state index contributed by atoms with van der Waals surface area (Å²) in [6, 6.07) is 15.1. The van der Waals surface area contributed by atoms with Crippen molar-refractivity contribution in [3.05, 3.63) is 70.4 Å². The van der Waals surface area contributed by atoms with Gasteiger partial charge in [0.25, 0.3) is 5.91 Å². The van der Waals surface area contributed by atoms with Gasteiger partial charge in [-0.3, -0.25) is 4.79 Å². The third-order valence-electron chi connectivity index (χ3n) is 3.40. The van der Waals surface area contributed by atoms with Crippen LogP contribution < -0.4 is 5.32 Å². The van der Waals surface area contributed by atoms with Gasteiger partial charge in [0, 0.05) is 22.5 Å². The van der Waals surface area contributed by atoms with Crippen molar-refractivity contribution < 1.29 is 9.21 Å². The Labute approximate surface area is 127 Å². The topological polar surface area (TPSA) is 42.2 Å². The summed E-state index contributed by atoms with van der Waals surface area (Å²) >= 11 is 5.98. The maximum absolute atomic E-state index is 12.3. The highest BCUT2D eigenvalue weighted by Gasteiger charge is 2.17. The number of aryl methyl sites for hydroxylation is 1. The van der Waals surface area contributed by atoms with Crippen molar-refractivity contribution in [3.63, 3.8) is 0 Å². The zero-order valence-corrected chi connectivity index (χ0v) is 12.3. The molecule has 1 amide bonds. The first-order valence-electron chi connectivity index (χ1n) is 6.66. The molecule has 0 unspecified atom stereocenters. The molecule has 2 aromatic carbocycles. The predicted molar refractivity (Wildman–Crippen MR) is 83.6 cm³/mol. The lowest BCUT2D eigenvalue weighted by atomic mass is 10.1. The molecule has 3 rings (SSSR count). The largest absolute Gasteiger partial charge is 0.451 e. The van der Waals surface area contributed by atoms with E-state index in [0.717, 1.165) is 16.5 Å². The molecular weight excluding hydrogens is 286 g/mol. The van der Waals surface area contributed by atoms with Gasteiger partial charge in [-0.05, 0) is 30.7 Å². The number of carbonyl (C=O) groups is 1. The number of benzene rings is 2. The highest BCUT2D eigenvalue weighted by Crippen LogP contribution is 2.27. The Balaban J connectivity index is 1.83. The number of amides is 1. The summed E-state index contributed by atoms with van der Waals surface area (Å²) in [6.07, 6.45) is 0. The van der Waals surface area contributed by atoms with Gasteiger partial charge in [-0.2, -0.15) is 0 Å². The Morgan fingerprint density at radius 1 is 1.19 bits per heavy atom. The number of hydrogen-bond donors (Lipinski definition) is 1. The molecule has 21 heavy (non-hydrogen) atoms. The lowest BCUT2D eigenvalue weighted by molar-refractivity contribution is 0.0924. The molecule has 106 valence electrons. The van der Waals surface area contributed by atoms with Gasteiger partial charge in [0.05, 0.1) is 0 Å². The van der Waals surface area contributed by atoms with Crippen molar-refractivity contribution in [1.82, 2.24) is 5.32 Å². The van der Waals surface area contributed by atoms with Crippen LogP contribution in [0.5, 0.6) is 0 Å². The minimum Gasteiger partial charge on any atom is -0.451 e. The van der Waals surface area contributed by atoms with Crippen LogP contribution in [0.4, 0.5) is 0 Å². The first-order chi connectivity index (χ1) is 10.1. The third kappa shape index (κ3) is 2.78.